The Hall–Kier alpha value is -2.05. The van der Waals surface area contributed by atoms with Crippen molar-refractivity contribution in [2.75, 3.05) is 26.7 Å². The van der Waals surface area contributed by atoms with Gasteiger partial charge in [-0.3, -0.25) is 10.1 Å². The Labute approximate surface area is 130 Å². The van der Waals surface area contributed by atoms with Crippen molar-refractivity contribution < 1.29 is 9.59 Å². The monoisotopic (exact) mass is 305 g/mol. The van der Waals surface area contributed by atoms with E-state index in [1.54, 1.807) is 13.1 Å². The van der Waals surface area contributed by atoms with Crippen LogP contribution < -0.4 is 5.32 Å². The molecule has 120 valence electrons. The minimum atomic E-state index is -0.465. The summed E-state index contributed by atoms with van der Waals surface area (Å²) in [4.78, 5) is 34.5. The van der Waals surface area contributed by atoms with Crippen LogP contribution in [0, 0.1) is 5.92 Å². The number of aliphatic imine (C=N–C) groups is 1. The Bertz CT molecular complexity index is 532. The Kier molecular flexibility index (Phi) is 3.80. The first kappa shape index (κ1) is 14.9. The lowest BCUT2D eigenvalue weighted by atomic mass is 10.0. The number of carbonyl (C=O) groups is 2. The van der Waals surface area contributed by atoms with Gasteiger partial charge in [-0.1, -0.05) is 13.0 Å². The highest BCUT2D eigenvalue weighted by atomic mass is 16.2. The van der Waals surface area contributed by atoms with Gasteiger partial charge in [0.25, 0.3) is 5.91 Å². The number of likely N-dealkylation sites (N-methyl/N-ethyl adjacent to an activating group) is 1. The third kappa shape index (κ3) is 2.34. The third-order valence-electron chi connectivity index (χ3n) is 4.60. The minimum Gasteiger partial charge on any atom is -0.342 e. The lowest BCUT2D eigenvalue weighted by molar-refractivity contribution is -0.127. The Balaban J connectivity index is 1.91. The molecule has 3 atom stereocenters. The summed E-state index contributed by atoms with van der Waals surface area (Å²) in [5.41, 5.74) is 0. The van der Waals surface area contributed by atoms with Crippen LogP contribution in [0.15, 0.2) is 17.6 Å². The summed E-state index contributed by atoms with van der Waals surface area (Å²) < 4.78 is 0. The summed E-state index contributed by atoms with van der Waals surface area (Å²) in [6, 6.07) is -0.852. The first-order chi connectivity index (χ1) is 10.5. The zero-order valence-electron chi connectivity index (χ0n) is 13.2. The normalized spacial score (nSPS) is 31.8. The molecule has 0 aromatic rings. The summed E-state index contributed by atoms with van der Waals surface area (Å²) in [6.45, 7) is 8.44. The molecule has 3 amide bonds. The Morgan fingerprint density at radius 3 is 2.91 bits per heavy atom. The second-order valence-corrected chi connectivity index (χ2v) is 6.33. The number of nitrogens with one attached hydrogen (secondary N) is 1. The first-order valence-electron chi connectivity index (χ1n) is 7.81. The molecule has 7 nitrogen and oxygen atoms in total. The van der Waals surface area contributed by atoms with Gasteiger partial charge in [0.1, 0.15) is 0 Å². The number of amides is 3. The molecule has 0 aliphatic carbocycles. The number of fused-ring (bicyclic) bond motifs is 1. The first-order valence-corrected chi connectivity index (χ1v) is 7.81. The van der Waals surface area contributed by atoms with Gasteiger partial charge < -0.3 is 14.7 Å². The topological polar surface area (TPSA) is 68.2 Å². The molecule has 3 unspecified atom stereocenters. The summed E-state index contributed by atoms with van der Waals surface area (Å²) in [5, 5.41) is 2.40. The van der Waals surface area contributed by atoms with Crippen LogP contribution in [0.5, 0.6) is 0 Å². The lowest BCUT2D eigenvalue weighted by Gasteiger charge is -2.39. The fourth-order valence-electron chi connectivity index (χ4n) is 3.48. The molecule has 3 heterocycles. The number of piperidine rings is 1. The molecule has 0 aromatic carbocycles. The molecule has 3 aliphatic heterocycles. The molecule has 0 spiro atoms. The van der Waals surface area contributed by atoms with E-state index in [9.17, 15) is 9.59 Å². The fraction of sp³-hybridized carbons (Fsp3) is 0.667. The van der Waals surface area contributed by atoms with Crippen molar-refractivity contribution in [1.82, 2.24) is 20.0 Å². The lowest BCUT2D eigenvalue weighted by Crippen LogP contribution is -2.64. The van der Waals surface area contributed by atoms with E-state index in [0.717, 1.165) is 25.5 Å². The molecule has 7 heteroatoms. The molecule has 3 aliphatic rings. The second-order valence-electron chi connectivity index (χ2n) is 6.33. The van der Waals surface area contributed by atoms with Crippen molar-refractivity contribution in [2.45, 2.75) is 32.0 Å². The predicted octanol–water partition coefficient (Wildman–Crippen LogP) is 0.452. The SMILES string of the molecule is C=CCN1C(N2CCCC(C)C2)=NC2C1C(=O)NC(=O)N2C. The zero-order chi connectivity index (χ0) is 15.9. The number of hydrogen-bond acceptors (Lipinski definition) is 5. The summed E-state index contributed by atoms with van der Waals surface area (Å²) >= 11 is 0. The maximum atomic E-state index is 12.3. The van der Waals surface area contributed by atoms with E-state index in [1.807, 2.05) is 4.90 Å². The van der Waals surface area contributed by atoms with Gasteiger partial charge in [0.2, 0.25) is 0 Å². The van der Waals surface area contributed by atoms with E-state index in [4.69, 9.17) is 4.99 Å². The number of hydrogen-bond donors (Lipinski definition) is 1. The van der Waals surface area contributed by atoms with Gasteiger partial charge in [-0.15, -0.1) is 6.58 Å². The molecule has 0 bridgehead atoms. The van der Waals surface area contributed by atoms with Gasteiger partial charge in [-0.05, 0) is 18.8 Å². The van der Waals surface area contributed by atoms with Crippen LogP contribution in [-0.2, 0) is 4.79 Å². The minimum absolute atomic E-state index is 0.279. The quantitative estimate of drug-likeness (QED) is 0.752. The van der Waals surface area contributed by atoms with Crippen molar-refractivity contribution in [2.24, 2.45) is 10.9 Å². The van der Waals surface area contributed by atoms with Crippen molar-refractivity contribution >= 4 is 17.9 Å². The van der Waals surface area contributed by atoms with Gasteiger partial charge >= 0.3 is 6.03 Å². The molecule has 1 N–H and O–H groups in total. The standard InChI is InChI=1S/C15H23N5O2/c1-4-7-20-11-12(18(3)15(22)17-13(11)21)16-14(20)19-8-5-6-10(2)9-19/h4,10-12H,1,5-9H2,2-3H3,(H,17,21,22). The zero-order valence-corrected chi connectivity index (χ0v) is 13.2. The van der Waals surface area contributed by atoms with E-state index in [1.165, 1.54) is 11.3 Å². The summed E-state index contributed by atoms with van der Waals surface area (Å²) in [6.07, 6.45) is 3.66. The third-order valence-corrected chi connectivity index (χ3v) is 4.60. The van der Waals surface area contributed by atoms with Crippen molar-refractivity contribution in [3.05, 3.63) is 12.7 Å². The smallest absolute Gasteiger partial charge is 0.325 e. The second kappa shape index (κ2) is 5.62. The predicted molar refractivity (Wildman–Crippen MR) is 83.2 cm³/mol. The van der Waals surface area contributed by atoms with Crippen molar-refractivity contribution in [3.63, 3.8) is 0 Å². The van der Waals surface area contributed by atoms with E-state index in [2.05, 4.69) is 23.7 Å². The number of urea groups is 1. The number of imide groups is 1. The maximum Gasteiger partial charge on any atom is 0.325 e. The molecular weight excluding hydrogens is 282 g/mol. The Morgan fingerprint density at radius 2 is 2.23 bits per heavy atom. The Morgan fingerprint density at radius 1 is 1.45 bits per heavy atom. The van der Waals surface area contributed by atoms with Gasteiger partial charge in [0.05, 0.1) is 0 Å². The average molecular weight is 305 g/mol. The number of guanidine groups is 1. The van der Waals surface area contributed by atoms with Crippen LogP contribution in [0.25, 0.3) is 0 Å². The van der Waals surface area contributed by atoms with Crippen LogP contribution >= 0.6 is 0 Å². The van der Waals surface area contributed by atoms with Gasteiger partial charge in [0.15, 0.2) is 18.2 Å². The molecule has 0 radical (unpaired) electrons. The number of nitrogens with zero attached hydrogens (tertiary/aromatic N) is 4. The van der Waals surface area contributed by atoms with E-state index in [-0.39, 0.29) is 11.9 Å². The molecule has 2 saturated heterocycles. The van der Waals surface area contributed by atoms with E-state index >= 15 is 0 Å². The highest BCUT2D eigenvalue weighted by Crippen LogP contribution is 2.27. The van der Waals surface area contributed by atoms with E-state index in [0.29, 0.717) is 12.5 Å². The highest BCUT2D eigenvalue weighted by molar-refractivity contribution is 6.03. The van der Waals surface area contributed by atoms with Gasteiger partial charge in [0, 0.05) is 26.7 Å². The molecular formula is C15H23N5O2. The molecule has 2 fully saturated rings. The average Bonchev–Trinajstić information content (AvgIpc) is 2.85. The number of likely N-dealkylation sites (tertiary alicyclic amines) is 1. The van der Waals surface area contributed by atoms with E-state index < -0.39 is 12.2 Å². The van der Waals surface area contributed by atoms with Crippen molar-refractivity contribution in [3.8, 4) is 0 Å². The number of rotatable bonds is 2. The van der Waals surface area contributed by atoms with Gasteiger partial charge in [-0.25, -0.2) is 9.79 Å². The molecule has 0 aromatic heterocycles. The van der Waals surface area contributed by atoms with Crippen molar-refractivity contribution in [1.29, 1.82) is 0 Å². The van der Waals surface area contributed by atoms with Gasteiger partial charge in [-0.2, -0.15) is 0 Å². The fourth-order valence-corrected chi connectivity index (χ4v) is 3.48. The summed E-state index contributed by atoms with van der Waals surface area (Å²) in [5.74, 6) is 1.15. The van der Waals surface area contributed by atoms with Crippen LogP contribution in [0.2, 0.25) is 0 Å². The molecule has 22 heavy (non-hydrogen) atoms. The summed E-state index contributed by atoms with van der Waals surface area (Å²) in [7, 11) is 1.68. The molecule has 3 rings (SSSR count). The molecule has 0 saturated carbocycles. The van der Waals surface area contributed by atoms with Crippen LogP contribution in [0.1, 0.15) is 19.8 Å². The number of carbonyl (C=O) groups excluding carboxylic acids is 2. The largest absolute Gasteiger partial charge is 0.342 e. The van der Waals surface area contributed by atoms with Crippen LogP contribution in [0.3, 0.4) is 0 Å². The van der Waals surface area contributed by atoms with Crippen LogP contribution in [0.4, 0.5) is 4.79 Å². The van der Waals surface area contributed by atoms with Crippen LogP contribution in [-0.4, -0.2) is 71.5 Å². The maximum absolute atomic E-state index is 12.3. The highest BCUT2D eigenvalue weighted by Gasteiger charge is 2.49.